The van der Waals surface area contributed by atoms with E-state index in [-0.39, 0.29) is 11.8 Å². The van der Waals surface area contributed by atoms with Crippen LogP contribution in [0.15, 0.2) is 0 Å². The van der Waals surface area contributed by atoms with Crippen LogP contribution < -0.4 is 0 Å². The quantitative estimate of drug-likeness (QED) is 0.570. The Balaban J connectivity index is 2.71. The number of hydrogen-bond donors (Lipinski definition) is 1. The van der Waals surface area contributed by atoms with E-state index in [9.17, 15) is 4.79 Å². The smallest absolute Gasteiger partial charge is 0.325 e. The molecule has 0 unspecified atom stereocenters. The summed E-state index contributed by atoms with van der Waals surface area (Å²) in [5.41, 5.74) is 0. The molecule has 1 aliphatic rings. The number of carbonyl (C=O) groups is 1. The number of halogens is 1. The SMILES string of the molecule is C[C@@H]1[C@@H](C)C1(Cl)C(=O)O. The third kappa shape index (κ3) is 0.659. The van der Waals surface area contributed by atoms with Crippen LogP contribution in [0.5, 0.6) is 0 Å². The summed E-state index contributed by atoms with van der Waals surface area (Å²) < 4.78 is 0. The van der Waals surface area contributed by atoms with Crippen molar-refractivity contribution in [3.05, 3.63) is 0 Å². The highest BCUT2D eigenvalue weighted by atomic mass is 35.5. The first kappa shape index (κ1) is 6.87. The molecule has 0 aromatic heterocycles. The van der Waals surface area contributed by atoms with Gasteiger partial charge in [-0.15, -0.1) is 11.6 Å². The lowest BCUT2D eigenvalue weighted by Gasteiger charge is -1.97. The fourth-order valence-corrected chi connectivity index (χ4v) is 1.43. The molecule has 0 aromatic rings. The van der Waals surface area contributed by atoms with Crippen LogP contribution >= 0.6 is 11.6 Å². The Morgan fingerprint density at radius 1 is 1.56 bits per heavy atom. The molecule has 0 saturated heterocycles. The molecule has 52 valence electrons. The van der Waals surface area contributed by atoms with Gasteiger partial charge in [-0.2, -0.15) is 0 Å². The number of hydrogen-bond acceptors (Lipinski definition) is 1. The van der Waals surface area contributed by atoms with Gasteiger partial charge < -0.3 is 5.11 Å². The number of aliphatic carboxylic acids is 1. The summed E-state index contributed by atoms with van der Waals surface area (Å²) in [6.45, 7) is 3.71. The Kier molecular flexibility index (Phi) is 1.24. The average molecular weight is 149 g/mol. The molecule has 9 heavy (non-hydrogen) atoms. The molecule has 0 amide bonds. The monoisotopic (exact) mass is 148 g/mol. The van der Waals surface area contributed by atoms with Crippen LogP contribution in [0.3, 0.4) is 0 Å². The molecule has 1 rings (SSSR count). The minimum absolute atomic E-state index is 0.122. The van der Waals surface area contributed by atoms with Crippen molar-refractivity contribution in [3.8, 4) is 0 Å². The minimum Gasteiger partial charge on any atom is -0.480 e. The highest BCUT2D eigenvalue weighted by Crippen LogP contribution is 2.55. The van der Waals surface area contributed by atoms with Crippen molar-refractivity contribution in [1.82, 2.24) is 0 Å². The second kappa shape index (κ2) is 1.63. The molecule has 1 fully saturated rings. The predicted octanol–water partition coefficient (Wildman–Crippen LogP) is 1.33. The summed E-state index contributed by atoms with van der Waals surface area (Å²) in [7, 11) is 0. The van der Waals surface area contributed by atoms with Crippen LogP contribution in [-0.2, 0) is 4.79 Å². The van der Waals surface area contributed by atoms with Crippen molar-refractivity contribution in [3.63, 3.8) is 0 Å². The van der Waals surface area contributed by atoms with Gasteiger partial charge in [-0.05, 0) is 11.8 Å². The maximum absolute atomic E-state index is 10.4. The van der Waals surface area contributed by atoms with E-state index in [0.29, 0.717) is 0 Å². The normalized spacial score (nSPS) is 48.8. The molecule has 0 radical (unpaired) electrons. The lowest BCUT2D eigenvalue weighted by atomic mass is 10.3. The van der Waals surface area contributed by atoms with Crippen molar-refractivity contribution >= 4 is 17.6 Å². The van der Waals surface area contributed by atoms with E-state index < -0.39 is 10.8 Å². The van der Waals surface area contributed by atoms with Crippen LogP contribution in [0.4, 0.5) is 0 Å². The maximum atomic E-state index is 10.4. The zero-order valence-corrected chi connectivity index (χ0v) is 6.14. The first-order chi connectivity index (χ1) is 4.01. The van der Waals surface area contributed by atoms with E-state index in [1.807, 2.05) is 13.8 Å². The molecule has 2 nitrogen and oxygen atoms in total. The Bertz CT molecular complexity index is 147. The van der Waals surface area contributed by atoms with E-state index in [0.717, 1.165) is 0 Å². The van der Waals surface area contributed by atoms with E-state index in [2.05, 4.69) is 0 Å². The van der Waals surface area contributed by atoms with Crippen LogP contribution in [0.2, 0.25) is 0 Å². The molecule has 0 spiro atoms. The predicted molar refractivity (Wildman–Crippen MR) is 34.5 cm³/mol. The van der Waals surface area contributed by atoms with Crippen LogP contribution in [0.25, 0.3) is 0 Å². The summed E-state index contributed by atoms with van der Waals surface area (Å²) in [4.78, 5) is 9.43. The first-order valence-electron chi connectivity index (χ1n) is 2.93. The number of carboxylic acids is 1. The van der Waals surface area contributed by atoms with E-state index in [1.165, 1.54) is 0 Å². The Labute approximate surface area is 58.8 Å². The highest BCUT2D eigenvalue weighted by molar-refractivity contribution is 6.36. The summed E-state index contributed by atoms with van der Waals surface area (Å²) in [6, 6.07) is 0. The zero-order chi connectivity index (χ0) is 7.23. The van der Waals surface area contributed by atoms with Gasteiger partial charge in [0.25, 0.3) is 0 Å². The van der Waals surface area contributed by atoms with Crippen molar-refractivity contribution in [1.29, 1.82) is 0 Å². The van der Waals surface area contributed by atoms with Gasteiger partial charge in [0, 0.05) is 0 Å². The molecule has 3 heteroatoms. The van der Waals surface area contributed by atoms with Gasteiger partial charge >= 0.3 is 5.97 Å². The minimum atomic E-state index is -0.944. The molecule has 0 heterocycles. The van der Waals surface area contributed by atoms with Crippen molar-refractivity contribution in [2.45, 2.75) is 18.7 Å². The maximum Gasteiger partial charge on any atom is 0.325 e. The number of alkyl halides is 1. The number of rotatable bonds is 1. The second-order valence-corrected chi connectivity index (χ2v) is 3.28. The molecule has 1 saturated carbocycles. The molecule has 1 aliphatic carbocycles. The second-order valence-electron chi connectivity index (χ2n) is 2.65. The van der Waals surface area contributed by atoms with E-state index >= 15 is 0 Å². The molecule has 0 bridgehead atoms. The van der Waals surface area contributed by atoms with Crippen LogP contribution in [0, 0.1) is 11.8 Å². The third-order valence-electron chi connectivity index (χ3n) is 2.29. The van der Waals surface area contributed by atoms with Crippen LogP contribution in [-0.4, -0.2) is 16.0 Å². The zero-order valence-electron chi connectivity index (χ0n) is 5.39. The van der Waals surface area contributed by atoms with E-state index in [4.69, 9.17) is 16.7 Å². The fourth-order valence-electron chi connectivity index (χ4n) is 1.11. The van der Waals surface area contributed by atoms with E-state index in [1.54, 1.807) is 0 Å². The lowest BCUT2D eigenvalue weighted by molar-refractivity contribution is -0.138. The summed E-state index contributed by atoms with van der Waals surface area (Å²) >= 11 is 5.68. The molecule has 2 atom stereocenters. The van der Waals surface area contributed by atoms with Crippen molar-refractivity contribution < 1.29 is 9.90 Å². The van der Waals surface area contributed by atoms with Gasteiger partial charge in [0.05, 0.1) is 0 Å². The molecular weight excluding hydrogens is 140 g/mol. The topological polar surface area (TPSA) is 37.3 Å². The van der Waals surface area contributed by atoms with Gasteiger partial charge in [0.15, 0.2) is 0 Å². The fraction of sp³-hybridized carbons (Fsp3) is 0.833. The van der Waals surface area contributed by atoms with Crippen LogP contribution in [0.1, 0.15) is 13.8 Å². The molecule has 1 N–H and O–H groups in total. The van der Waals surface area contributed by atoms with Gasteiger partial charge in [-0.25, -0.2) is 0 Å². The first-order valence-corrected chi connectivity index (χ1v) is 3.31. The average Bonchev–Trinajstić information content (AvgIpc) is 2.22. The summed E-state index contributed by atoms with van der Waals surface area (Å²) in [6.07, 6.45) is 0. The molecule has 0 aliphatic heterocycles. The van der Waals surface area contributed by atoms with Gasteiger partial charge in [0.1, 0.15) is 4.87 Å². The Morgan fingerprint density at radius 3 is 1.89 bits per heavy atom. The van der Waals surface area contributed by atoms with Gasteiger partial charge in [-0.1, -0.05) is 13.8 Å². The summed E-state index contributed by atoms with van der Waals surface area (Å²) in [5, 5.41) is 8.52. The third-order valence-corrected chi connectivity index (χ3v) is 3.14. The Hall–Kier alpha value is -0.240. The highest BCUT2D eigenvalue weighted by Gasteiger charge is 2.64. The Morgan fingerprint density at radius 2 is 1.89 bits per heavy atom. The van der Waals surface area contributed by atoms with Gasteiger partial charge in [0.2, 0.25) is 0 Å². The molecule has 0 aromatic carbocycles. The van der Waals surface area contributed by atoms with Crippen molar-refractivity contribution in [2.75, 3.05) is 0 Å². The largest absolute Gasteiger partial charge is 0.480 e. The summed E-state index contributed by atoms with van der Waals surface area (Å²) in [5.74, 6) is -0.641. The molecular formula is C6H9ClO2. The van der Waals surface area contributed by atoms with Crippen molar-refractivity contribution in [2.24, 2.45) is 11.8 Å². The standard InChI is InChI=1S/C6H9ClO2/c1-3-4(2)6(3,7)5(8)9/h3-4H,1-2H3,(H,8,9)/t3-,4-/m1/s1. The van der Waals surface area contributed by atoms with Gasteiger partial charge in [-0.3, -0.25) is 4.79 Å². The lowest BCUT2D eigenvalue weighted by Crippen LogP contribution is -2.17. The number of carboxylic acid groups (broad SMARTS) is 1.